The van der Waals surface area contributed by atoms with Crippen molar-refractivity contribution in [1.29, 1.82) is 0 Å². The molecule has 0 amide bonds. The monoisotopic (exact) mass is 450 g/mol. The molecule has 0 spiro atoms. The molecule has 172 valence electrons. The molecule has 0 saturated carbocycles. The second-order valence-corrected chi connectivity index (χ2v) is 8.57. The lowest BCUT2D eigenvalue weighted by atomic mass is 10.0. The van der Waals surface area contributed by atoms with Gasteiger partial charge in [0.25, 0.3) is 0 Å². The van der Waals surface area contributed by atoms with Gasteiger partial charge in [0.2, 0.25) is 0 Å². The Labute approximate surface area is 200 Å². The van der Waals surface area contributed by atoms with Crippen molar-refractivity contribution in [2.24, 2.45) is 10.2 Å². The van der Waals surface area contributed by atoms with Crippen LogP contribution >= 0.6 is 0 Å². The third-order valence-corrected chi connectivity index (χ3v) is 6.71. The fourth-order valence-electron chi connectivity index (χ4n) is 4.84. The molecule has 0 fully saturated rings. The van der Waals surface area contributed by atoms with E-state index in [1.807, 2.05) is 36.4 Å². The SMILES string of the molecule is CCN(CC)Cc1cc(N=Nc2ccc3c(c2)c2ccccc2n3CC)c2ccccc2c1O. The first-order valence-electron chi connectivity index (χ1n) is 12.0. The van der Waals surface area contributed by atoms with Crippen molar-refractivity contribution in [2.45, 2.75) is 33.9 Å². The number of phenols is 1. The van der Waals surface area contributed by atoms with Crippen molar-refractivity contribution in [2.75, 3.05) is 13.1 Å². The summed E-state index contributed by atoms with van der Waals surface area (Å²) >= 11 is 0. The normalized spacial score (nSPS) is 12.1. The minimum absolute atomic E-state index is 0.329. The summed E-state index contributed by atoms with van der Waals surface area (Å²) in [5.74, 6) is 0.329. The van der Waals surface area contributed by atoms with E-state index < -0.39 is 0 Å². The molecule has 5 heteroatoms. The largest absolute Gasteiger partial charge is 0.507 e. The fourth-order valence-corrected chi connectivity index (χ4v) is 4.84. The summed E-state index contributed by atoms with van der Waals surface area (Å²) in [4.78, 5) is 2.28. The van der Waals surface area contributed by atoms with E-state index in [0.29, 0.717) is 12.3 Å². The average molecular weight is 451 g/mol. The van der Waals surface area contributed by atoms with Gasteiger partial charge in [-0.2, -0.15) is 5.11 Å². The predicted octanol–water partition coefficient (Wildman–Crippen LogP) is 7.93. The number of benzene rings is 4. The van der Waals surface area contributed by atoms with Crippen molar-refractivity contribution in [3.63, 3.8) is 0 Å². The summed E-state index contributed by atoms with van der Waals surface area (Å²) in [5, 5.41) is 24.4. The van der Waals surface area contributed by atoms with Crippen molar-refractivity contribution < 1.29 is 5.11 Å². The molecule has 5 rings (SSSR count). The molecule has 34 heavy (non-hydrogen) atoms. The first-order chi connectivity index (χ1) is 16.6. The number of hydrogen-bond acceptors (Lipinski definition) is 4. The Morgan fingerprint density at radius 1 is 0.735 bits per heavy atom. The van der Waals surface area contributed by atoms with E-state index in [1.165, 1.54) is 21.8 Å². The maximum absolute atomic E-state index is 10.9. The molecule has 0 unspecified atom stereocenters. The fraction of sp³-hybridized carbons (Fsp3) is 0.241. The zero-order valence-electron chi connectivity index (χ0n) is 20.0. The smallest absolute Gasteiger partial charge is 0.128 e. The van der Waals surface area contributed by atoms with Crippen molar-refractivity contribution in [1.82, 2.24) is 9.47 Å². The average Bonchev–Trinajstić information content (AvgIpc) is 3.20. The Morgan fingerprint density at radius 2 is 1.41 bits per heavy atom. The summed E-state index contributed by atoms with van der Waals surface area (Å²) in [6, 6.07) is 24.6. The molecule has 1 heterocycles. The molecule has 1 N–H and O–H groups in total. The van der Waals surface area contributed by atoms with Crippen LogP contribution in [-0.4, -0.2) is 27.7 Å². The van der Waals surface area contributed by atoms with Gasteiger partial charge in [-0.1, -0.05) is 56.3 Å². The second kappa shape index (κ2) is 9.27. The zero-order chi connectivity index (χ0) is 23.7. The summed E-state index contributed by atoms with van der Waals surface area (Å²) < 4.78 is 2.33. The van der Waals surface area contributed by atoms with E-state index in [1.54, 1.807) is 0 Å². The van der Waals surface area contributed by atoms with E-state index in [-0.39, 0.29) is 0 Å². The highest BCUT2D eigenvalue weighted by Crippen LogP contribution is 2.38. The zero-order valence-corrected chi connectivity index (χ0v) is 20.0. The molecule has 0 aliphatic carbocycles. The maximum Gasteiger partial charge on any atom is 0.128 e. The van der Waals surface area contributed by atoms with Crippen LogP contribution in [0, 0.1) is 0 Å². The van der Waals surface area contributed by atoms with Gasteiger partial charge in [-0.3, -0.25) is 4.90 Å². The van der Waals surface area contributed by atoms with Crippen LogP contribution in [-0.2, 0) is 13.1 Å². The van der Waals surface area contributed by atoms with Crippen LogP contribution in [0.5, 0.6) is 5.75 Å². The molecular formula is C29H30N4O. The first-order valence-corrected chi connectivity index (χ1v) is 12.0. The lowest BCUT2D eigenvalue weighted by Crippen LogP contribution is -2.22. The second-order valence-electron chi connectivity index (χ2n) is 8.57. The van der Waals surface area contributed by atoms with E-state index in [9.17, 15) is 5.11 Å². The summed E-state index contributed by atoms with van der Waals surface area (Å²) in [6.07, 6.45) is 0. The minimum Gasteiger partial charge on any atom is -0.507 e. The molecule has 1 aromatic heterocycles. The standard InChI is InChI=1S/C29H30N4O/c1-4-32(5-2)19-20-17-26(22-11-7-8-13-24(22)29(20)34)31-30-21-15-16-28-25(18-21)23-12-9-10-14-27(23)33(28)6-3/h7-18,34H,4-6,19H2,1-3H3. The van der Waals surface area contributed by atoms with Crippen LogP contribution in [0.4, 0.5) is 11.4 Å². The molecule has 0 radical (unpaired) electrons. The number of aryl methyl sites for hydroxylation is 1. The van der Waals surface area contributed by atoms with Gasteiger partial charge in [-0.15, -0.1) is 5.11 Å². The van der Waals surface area contributed by atoms with Crippen LogP contribution < -0.4 is 0 Å². The van der Waals surface area contributed by atoms with Gasteiger partial charge in [0, 0.05) is 51.2 Å². The van der Waals surface area contributed by atoms with Gasteiger partial charge in [0.05, 0.1) is 11.4 Å². The summed E-state index contributed by atoms with van der Waals surface area (Å²) in [5.41, 5.74) is 4.90. The molecule has 0 atom stereocenters. The number of nitrogens with zero attached hydrogens (tertiary/aromatic N) is 4. The first kappa shape index (κ1) is 22.1. The molecule has 0 bridgehead atoms. The van der Waals surface area contributed by atoms with Gasteiger partial charge in [0.1, 0.15) is 5.75 Å². The molecule has 0 aliphatic rings. The highest BCUT2D eigenvalue weighted by molar-refractivity contribution is 6.09. The molecule has 5 nitrogen and oxygen atoms in total. The summed E-state index contributed by atoms with van der Waals surface area (Å²) in [7, 11) is 0. The third kappa shape index (κ3) is 3.82. The quantitative estimate of drug-likeness (QED) is 0.256. The highest BCUT2D eigenvalue weighted by Gasteiger charge is 2.14. The van der Waals surface area contributed by atoms with Gasteiger partial charge in [0.15, 0.2) is 0 Å². The number of azo groups is 1. The summed E-state index contributed by atoms with van der Waals surface area (Å²) in [6.45, 7) is 9.87. The lowest BCUT2D eigenvalue weighted by Gasteiger charge is -2.19. The number of aromatic nitrogens is 1. The van der Waals surface area contributed by atoms with Gasteiger partial charge < -0.3 is 9.67 Å². The topological polar surface area (TPSA) is 53.1 Å². The van der Waals surface area contributed by atoms with Crippen LogP contribution in [0.3, 0.4) is 0 Å². The number of hydrogen-bond donors (Lipinski definition) is 1. The Morgan fingerprint density at radius 3 is 2.15 bits per heavy atom. The molecular weight excluding hydrogens is 420 g/mol. The van der Waals surface area contributed by atoms with Crippen LogP contribution in [0.2, 0.25) is 0 Å². The van der Waals surface area contributed by atoms with Crippen molar-refractivity contribution >= 4 is 44.0 Å². The highest BCUT2D eigenvalue weighted by atomic mass is 16.3. The van der Waals surface area contributed by atoms with E-state index in [0.717, 1.165) is 47.3 Å². The predicted molar refractivity (Wildman–Crippen MR) is 142 cm³/mol. The van der Waals surface area contributed by atoms with Crippen LogP contribution in [0.25, 0.3) is 32.6 Å². The number of aromatic hydroxyl groups is 1. The maximum atomic E-state index is 10.9. The Kier molecular flexibility index (Phi) is 6.03. The van der Waals surface area contributed by atoms with E-state index in [4.69, 9.17) is 0 Å². The molecule has 4 aromatic carbocycles. The van der Waals surface area contributed by atoms with Gasteiger partial charge >= 0.3 is 0 Å². The number of rotatable bonds is 7. The van der Waals surface area contributed by atoms with Crippen LogP contribution in [0.1, 0.15) is 26.3 Å². The van der Waals surface area contributed by atoms with Crippen LogP contribution in [0.15, 0.2) is 83.0 Å². The van der Waals surface area contributed by atoms with E-state index >= 15 is 0 Å². The van der Waals surface area contributed by atoms with Crippen molar-refractivity contribution in [3.05, 3.63) is 78.4 Å². The van der Waals surface area contributed by atoms with Gasteiger partial charge in [-0.05, 0) is 50.3 Å². The number of fused-ring (bicyclic) bond motifs is 4. The molecule has 0 saturated heterocycles. The number of para-hydroxylation sites is 1. The Bertz CT molecular complexity index is 1510. The van der Waals surface area contributed by atoms with Crippen molar-refractivity contribution in [3.8, 4) is 5.75 Å². The molecule has 0 aliphatic heterocycles. The lowest BCUT2D eigenvalue weighted by molar-refractivity contribution is 0.291. The minimum atomic E-state index is 0.329. The molecule has 5 aromatic rings. The third-order valence-electron chi connectivity index (χ3n) is 6.71. The van der Waals surface area contributed by atoms with Gasteiger partial charge in [-0.25, -0.2) is 0 Å². The Balaban J connectivity index is 1.60. The number of phenolic OH excluding ortho intramolecular Hbond substituents is 1. The van der Waals surface area contributed by atoms with E-state index in [2.05, 4.69) is 76.9 Å². The Hall–Kier alpha value is -3.70.